The zero-order valence-corrected chi connectivity index (χ0v) is 13.0. The van der Waals surface area contributed by atoms with Crippen LogP contribution in [0.1, 0.15) is 37.4 Å². The first-order valence-corrected chi connectivity index (χ1v) is 7.50. The van der Waals surface area contributed by atoms with Crippen molar-refractivity contribution in [2.75, 3.05) is 5.32 Å². The summed E-state index contributed by atoms with van der Waals surface area (Å²) < 4.78 is 0. The number of carbonyl (C=O) groups excluding carboxylic acids is 1. The molecule has 0 unspecified atom stereocenters. The third-order valence-corrected chi connectivity index (χ3v) is 3.61. The second-order valence-electron chi connectivity index (χ2n) is 5.26. The maximum absolute atomic E-state index is 11.3. The van der Waals surface area contributed by atoms with Gasteiger partial charge in [0.25, 0.3) is 0 Å². The van der Waals surface area contributed by atoms with Crippen molar-refractivity contribution in [2.24, 2.45) is 0 Å². The standard InChI is InChI=1S/C18H22N2O2/c1-3-18(22)20-16-10-8-14(9-11-16)13(2)19-12-15-6-4-5-7-17(15)21/h4-11,13,19,21H,3,12H2,1-2H3,(H,20,22)/t13-/m1/s1. The molecule has 2 rings (SSSR count). The highest BCUT2D eigenvalue weighted by Gasteiger charge is 2.07. The number of hydrogen-bond acceptors (Lipinski definition) is 3. The molecule has 3 N–H and O–H groups in total. The van der Waals surface area contributed by atoms with Gasteiger partial charge in [-0.05, 0) is 30.7 Å². The molecule has 0 bridgehead atoms. The van der Waals surface area contributed by atoms with E-state index in [9.17, 15) is 9.90 Å². The Balaban J connectivity index is 1.94. The van der Waals surface area contributed by atoms with Crippen molar-refractivity contribution in [1.82, 2.24) is 5.32 Å². The van der Waals surface area contributed by atoms with Crippen LogP contribution in [-0.2, 0) is 11.3 Å². The van der Waals surface area contributed by atoms with E-state index >= 15 is 0 Å². The summed E-state index contributed by atoms with van der Waals surface area (Å²) in [6.45, 7) is 4.50. The summed E-state index contributed by atoms with van der Waals surface area (Å²) in [6.07, 6.45) is 0.472. The highest BCUT2D eigenvalue weighted by Crippen LogP contribution is 2.19. The molecule has 0 aliphatic rings. The lowest BCUT2D eigenvalue weighted by Gasteiger charge is -2.15. The van der Waals surface area contributed by atoms with Crippen LogP contribution in [-0.4, -0.2) is 11.0 Å². The minimum absolute atomic E-state index is 0.0125. The van der Waals surface area contributed by atoms with E-state index in [1.165, 1.54) is 0 Å². The van der Waals surface area contributed by atoms with Crippen LogP contribution in [0.25, 0.3) is 0 Å². The number of rotatable bonds is 6. The molecule has 0 spiro atoms. The Bertz CT molecular complexity index is 623. The van der Waals surface area contributed by atoms with Gasteiger partial charge in [0.05, 0.1) is 0 Å². The van der Waals surface area contributed by atoms with Gasteiger partial charge in [-0.3, -0.25) is 4.79 Å². The van der Waals surface area contributed by atoms with Crippen molar-refractivity contribution in [3.8, 4) is 5.75 Å². The highest BCUT2D eigenvalue weighted by molar-refractivity contribution is 5.90. The molecule has 116 valence electrons. The molecule has 0 saturated heterocycles. The smallest absolute Gasteiger partial charge is 0.224 e. The van der Waals surface area contributed by atoms with Gasteiger partial charge in [-0.1, -0.05) is 37.3 Å². The molecule has 0 radical (unpaired) electrons. The predicted molar refractivity (Wildman–Crippen MR) is 88.7 cm³/mol. The maximum Gasteiger partial charge on any atom is 0.224 e. The van der Waals surface area contributed by atoms with Gasteiger partial charge in [0.2, 0.25) is 5.91 Å². The van der Waals surface area contributed by atoms with Crippen molar-refractivity contribution < 1.29 is 9.90 Å². The van der Waals surface area contributed by atoms with Gasteiger partial charge in [-0.25, -0.2) is 0 Å². The quantitative estimate of drug-likeness (QED) is 0.763. The molecule has 0 aliphatic heterocycles. The lowest BCUT2D eigenvalue weighted by atomic mass is 10.1. The Morgan fingerprint density at radius 3 is 2.45 bits per heavy atom. The molecule has 1 atom stereocenters. The van der Waals surface area contributed by atoms with E-state index in [-0.39, 0.29) is 11.9 Å². The number of para-hydroxylation sites is 1. The van der Waals surface area contributed by atoms with E-state index in [4.69, 9.17) is 0 Å². The molecule has 4 nitrogen and oxygen atoms in total. The second kappa shape index (κ2) is 7.61. The van der Waals surface area contributed by atoms with E-state index in [0.717, 1.165) is 16.8 Å². The molecule has 0 aromatic heterocycles. The number of carbonyl (C=O) groups is 1. The predicted octanol–water partition coefficient (Wildman–Crippen LogP) is 3.59. The average molecular weight is 298 g/mol. The summed E-state index contributed by atoms with van der Waals surface area (Å²) in [5.41, 5.74) is 2.81. The first kappa shape index (κ1) is 16.0. The summed E-state index contributed by atoms with van der Waals surface area (Å²) >= 11 is 0. The fraction of sp³-hybridized carbons (Fsp3) is 0.278. The van der Waals surface area contributed by atoms with E-state index < -0.39 is 0 Å². The summed E-state index contributed by atoms with van der Waals surface area (Å²) in [5, 5.41) is 16.0. The van der Waals surface area contributed by atoms with Crippen molar-refractivity contribution in [1.29, 1.82) is 0 Å². The molecule has 1 amide bonds. The topological polar surface area (TPSA) is 61.4 Å². The summed E-state index contributed by atoms with van der Waals surface area (Å²) in [7, 11) is 0. The van der Waals surface area contributed by atoms with Crippen LogP contribution in [0.2, 0.25) is 0 Å². The van der Waals surface area contributed by atoms with Crippen molar-refractivity contribution >= 4 is 11.6 Å². The van der Waals surface area contributed by atoms with Gasteiger partial charge in [0, 0.05) is 30.3 Å². The number of aromatic hydroxyl groups is 1. The lowest BCUT2D eigenvalue weighted by molar-refractivity contribution is -0.115. The molecule has 4 heteroatoms. The van der Waals surface area contributed by atoms with Crippen LogP contribution in [0.4, 0.5) is 5.69 Å². The molecule has 22 heavy (non-hydrogen) atoms. The molecule has 2 aromatic rings. The Morgan fingerprint density at radius 1 is 1.14 bits per heavy atom. The van der Waals surface area contributed by atoms with Gasteiger partial charge < -0.3 is 15.7 Å². The monoisotopic (exact) mass is 298 g/mol. The van der Waals surface area contributed by atoms with Crippen molar-refractivity contribution in [3.05, 3.63) is 59.7 Å². The molecular weight excluding hydrogens is 276 g/mol. The number of benzene rings is 2. The minimum Gasteiger partial charge on any atom is -0.508 e. The van der Waals surface area contributed by atoms with Gasteiger partial charge in [0.15, 0.2) is 0 Å². The molecule has 2 aromatic carbocycles. The second-order valence-corrected chi connectivity index (χ2v) is 5.26. The van der Waals surface area contributed by atoms with Gasteiger partial charge >= 0.3 is 0 Å². The van der Waals surface area contributed by atoms with Gasteiger partial charge in [-0.15, -0.1) is 0 Å². The van der Waals surface area contributed by atoms with E-state index in [1.807, 2.05) is 49.4 Å². The fourth-order valence-electron chi connectivity index (χ4n) is 2.15. The van der Waals surface area contributed by atoms with Crippen LogP contribution in [0.5, 0.6) is 5.75 Å². The van der Waals surface area contributed by atoms with Crippen molar-refractivity contribution in [2.45, 2.75) is 32.9 Å². The maximum atomic E-state index is 11.3. The van der Waals surface area contributed by atoms with Crippen LogP contribution in [0.3, 0.4) is 0 Å². The van der Waals surface area contributed by atoms with E-state index in [0.29, 0.717) is 18.7 Å². The minimum atomic E-state index is 0.0125. The van der Waals surface area contributed by atoms with E-state index in [2.05, 4.69) is 17.6 Å². The number of hydrogen-bond donors (Lipinski definition) is 3. The summed E-state index contributed by atoms with van der Waals surface area (Å²) in [5.74, 6) is 0.318. The fourth-order valence-corrected chi connectivity index (χ4v) is 2.15. The van der Waals surface area contributed by atoms with Crippen LogP contribution in [0.15, 0.2) is 48.5 Å². The summed E-state index contributed by atoms with van der Waals surface area (Å²) in [4.78, 5) is 11.3. The van der Waals surface area contributed by atoms with Gasteiger partial charge in [-0.2, -0.15) is 0 Å². The van der Waals surface area contributed by atoms with Crippen LogP contribution < -0.4 is 10.6 Å². The number of phenols is 1. The SMILES string of the molecule is CCC(=O)Nc1ccc([C@@H](C)NCc2ccccc2O)cc1. The Hall–Kier alpha value is -2.33. The first-order chi connectivity index (χ1) is 10.6. The zero-order chi connectivity index (χ0) is 15.9. The van der Waals surface area contributed by atoms with Gasteiger partial charge in [0.1, 0.15) is 5.75 Å². The van der Waals surface area contributed by atoms with Crippen LogP contribution in [0, 0.1) is 0 Å². The average Bonchev–Trinajstić information content (AvgIpc) is 2.54. The third kappa shape index (κ3) is 4.33. The highest BCUT2D eigenvalue weighted by atomic mass is 16.3. The number of amides is 1. The molecule has 0 heterocycles. The van der Waals surface area contributed by atoms with Crippen LogP contribution >= 0.6 is 0 Å². The Labute approximate surface area is 131 Å². The number of phenolic OH excluding ortho intramolecular Hbond substituents is 1. The first-order valence-electron chi connectivity index (χ1n) is 7.50. The summed E-state index contributed by atoms with van der Waals surface area (Å²) in [6, 6.07) is 15.3. The third-order valence-electron chi connectivity index (χ3n) is 3.61. The Kier molecular flexibility index (Phi) is 5.55. The number of anilines is 1. The Morgan fingerprint density at radius 2 is 1.82 bits per heavy atom. The molecular formula is C18H22N2O2. The number of nitrogens with one attached hydrogen (secondary N) is 2. The van der Waals surface area contributed by atoms with Crippen molar-refractivity contribution in [3.63, 3.8) is 0 Å². The lowest BCUT2D eigenvalue weighted by Crippen LogP contribution is -2.18. The molecule has 0 saturated carbocycles. The largest absolute Gasteiger partial charge is 0.508 e. The zero-order valence-electron chi connectivity index (χ0n) is 13.0. The molecule has 0 fully saturated rings. The van der Waals surface area contributed by atoms with E-state index in [1.54, 1.807) is 6.07 Å². The normalized spacial score (nSPS) is 11.9. The molecule has 0 aliphatic carbocycles.